The second kappa shape index (κ2) is 12.5. The number of hydrogen-bond acceptors (Lipinski definition) is 8. The van der Waals surface area contributed by atoms with Gasteiger partial charge < -0.3 is 19.3 Å². The zero-order valence-corrected chi connectivity index (χ0v) is 23.8. The van der Waals surface area contributed by atoms with Gasteiger partial charge in [0.2, 0.25) is 20.0 Å². The molecule has 2 aromatic carbocycles. The first-order chi connectivity index (χ1) is 17.9. The predicted molar refractivity (Wildman–Crippen MR) is 142 cm³/mol. The number of ether oxygens (including phenoxy) is 3. The van der Waals surface area contributed by atoms with Crippen LogP contribution in [0, 0.1) is 17.8 Å². The Morgan fingerprint density at radius 1 is 1.21 bits per heavy atom. The molecule has 38 heavy (non-hydrogen) atoms. The summed E-state index contributed by atoms with van der Waals surface area (Å²) in [6.45, 7) is 3.21. The summed E-state index contributed by atoms with van der Waals surface area (Å²) in [5, 5.41) is 9.80. The average Bonchev–Trinajstić information content (AvgIpc) is 2.90. The molecule has 0 aliphatic carbocycles. The summed E-state index contributed by atoms with van der Waals surface area (Å²) in [4.78, 5) is 0.0150. The van der Waals surface area contributed by atoms with Crippen LogP contribution in [0.4, 0.5) is 0 Å². The molecule has 1 heterocycles. The Balaban J connectivity index is 2.02. The molecule has 3 atom stereocenters. The van der Waals surface area contributed by atoms with Crippen LogP contribution in [-0.4, -0.2) is 90.3 Å². The molecule has 2 aromatic rings. The summed E-state index contributed by atoms with van der Waals surface area (Å²) in [5.41, 5.74) is 0.518. The Labute approximate surface area is 225 Å². The van der Waals surface area contributed by atoms with E-state index in [1.807, 2.05) is 0 Å². The number of likely N-dealkylation sites (N-methyl/N-ethyl adjacent to an activating group) is 1. The number of methoxy groups -OCH3 is 2. The van der Waals surface area contributed by atoms with Crippen molar-refractivity contribution in [3.8, 4) is 23.3 Å². The number of nitrogens with zero attached hydrogens (tertiary/aromatic N) is 2. The van der Waals surface area contributed by atoms with Gasteiger partial charge in [-0.15, -0.1) is 0 Å². The van der Waals surface area contributed by atoms with Crippen LogP contribution in [-0.2, 0) is 24.8 Å². The van der Waals surface area contributed by atoms with Crippen LogP contribution in [0.3, 0.4) is 0 Å². The number of aliphatic hydroxyl groups excluding tert-OH is 1. The molecule has 0 radical (unpaired) electrons. The van der Waals surface area contributed by atoms with Crippen molar-refractivity contribution in [2.75, 3.05) is 47.6 Å². The first-order valence-electron chi connectivity index (χ1n) is 12.0. The second-order valence-electron chi connectivity index (χ2n) is 9.10. The summed E-state index contributed by atoms with van der Waals surface area (Å²) < 4.78 is 72.5. The molecule has 0 saturated heterocycles. The van der Waals surface area contributed by atoms with Gasteiger partial charge in [0.25, 0.3) is 0 Å². The van der Waals surface area contributed by atoms with Gasteiger partial charge in [-0.2, -0.15) is 8.61 Å². The average molecular weight is 567 g/mol. The fourth-order valence-electron chi connectivity index (χ4n) is 4.01. The highest BCUT2D eigenvalue weighted by Gasteiger charge is 2.39. The van der Waals surface area contributed by atoms with E-state index in [0.29, 0.717) is 11.3 Å². The molecule has 0 spiro atoms. The van der Waals surface area contributed by atoms with E-state index in [0.717, 1.165) is 0 Å². The minimum Gasteiger partial charge on any atom is -0.497 e. The summed E-state index contributed by atoms with van der Waals surface area (Å²) in [6.07, 6.45) is -0.710. The number of rotatable bonds is 8. The van der Waals surface area contributed by atoms with Gasteiger partial charge in [-0.05, 0) is 49.4 Å². The minimum absolute atomic E-state index is 0.0278. The molecule has 1 aliphatic heterocycles. The molecular formula is C26H34N2O8S2. The zero-order chi connectivity index (χ0) is 28.1. The second-order valence-corrected chi connectivity index (χ2v) is 13.0. The van der Waals surface area contributed by atoms with Gasteiger partial charge in [-0.3, -0.25) is 0 Å². The van der Waals surface area contributed by atoms with E-state index in [2.05, 4.69) is 11.8 Å². The lowest BCUT2D eigenvalue weighted by Crippen LogP contribution is -2.50. The first kappa shape index (κ1) is 29.9. The Hall–Kier alpha value is -2.66. The standard InChI is InChI=1S/C26H34N2O8S2/c1-19-16-28(20(2)18-29)38(32,33)26-13-8-21(7-6-14-34-4)15-24(26)36-25(19)17-27(3)37(30,31)23-11-9-22(35-5)10-12-23/h8-13,15,19-20,25,29H,14,16-18H2,1-5H3/t19-,20+,25+/m1/s1. The Kier molecular flexibility index (Phi) is 9.80. The zero-order valence-electron chi connectivity index (χ0n) is 22.1. The van der Waals surface area contributed by atoms with E-state index in [1.54, 1.807) is 32.0 Å². The summed E-state index contributed by atoms with van der Waals surface area (Å²) in [6, 6.07) is 9.88. The highest BCUT2D eigenvalue weighted by Crippen LogP contribution is 2.34. The lowest BCUT2D eigenvalue weighted by atomic mass is 10.0. The van der Waals surface area contributed by atoms with Crippen LogP contribution in [0.1, 0.15) is 19.4 Å². The molecule has 1 aliphatic rings. The Morgan fingerprint density at radius 2 is 1.89 bits per heavy atom. The fraction of sp³-hybridized carbons (Fsp3) is 0.462. The van der Waals surface area contributed by atoms with Gasteiger partial charge >= 0.3 is 0 Å². The van der Waals surface area contributed by atoms with Crippen molar-refractivity contribution >= 4 is 20.0 Å². The summed E-state index contributed by atoms with van der Waals surface area (Å²) >= 11 is 0. The van der Waals surface area contributed by atoms with E-state index in [9.17, 15) is 21.9 Å². The van der Waals surface area contributed by atoms with Crippen molar-refractivity contribution in [1.82, 2.24) is 8.61 Å². The number of benzene rings is 2. The number of aliphatic hydroxyl groups is 1. The highest BCUT2D eigenvalue weighted by atomic mass is 32.2. The van der Waals surface area contributed by atoms with Crippen molar-refractivity contribution in [3.63, 3.8) is 0 Å². The lowest BCUT2D eigenvalue weighted by molar-refractivity contribution is 0.0904. The number of fused-ring (bicyclic) bond motifs is 1. The SMILES string of the molecule is COCC#Cc1ccc2c(c1)O[C@@H](CN(C)S(=O)(=O)c1ccc(OC)cc1)[C@H](C)CN([C@@H](C)CO)S2(=O)=O. The van der Waals surface area contributed by atoms with Crippen LogP contribution < -0.4 is 9.47 Å². The maximum absolute atomic E-state index is 13.6. The maximum atomic E-state index is 13.6. The fourth-order valence-corrected chi connectivity index (χ4v) is 7.02. The molecule has 0 unspecified atom stereocenters. The van der Waals surface area contributed by atoms with Crippen LogP contribution in [0.15, 0.2) is 52.3 Å². The van der Waals surface area contributed by atoms with Gasteiger partial charge in [0, 0.05) is 38.2 Å². The van der Waals surface area contributed by atoms with E-state index >= 15 is 0 Å². The molecule has 208 valence electrons. The van der Waals surface area contributed by atoms with Gasteiger partial charge in [-0.25, -0.2) is 16.8 Å². The molecule has 0 aromatic heterocycles. The number of sulfonamides is 2. The van der Waals surface area contributed by atoms with Crippen molar-refractivity contribution in [3.05, 3.63) is 48.0 Å². The molecule has 0 amide bonds. The van der Waals surface area contributed by atoms with Gasteiger partial charge in [0.15, 0.2) is 0 Å². The van der Waals surface area contributed by atoms with Gasteiger partial charge in [0.05, 0.1) is 25.2 Å². The maximum Gasteiger partial charge on any atom is 0.247 e. The quantitative estimate of drug-likeness (QED) is 0.480. The van der Waals surface area contributed by atoms with Crippen molar-refractivity contribution in [1.29, 1.82) is 0 Å². The molecule has 12 heteroatoms. The van der Waals surface area contributed by atoms with Crippen LogP contribution in [0.2, 0.25) is 0 Å². The molecule has 0 fully saturated rings. The Morgan fingerprint density at radius 3 is 2.50 bits per heavy atom. The largest absolute Gasteiger partial charge is 0.497 e. The molecule has 10 nitrogen and oxygen atoms in total. The molecule has 0 saturated carbocycles. The normalized spacial score (nSPS) is 20.3. The van der Waals surface area contributed by atoms with Crippen molar-refractivity contribution < 1.29 is 36.2 Å². The lowest BCUT2D eigenvalue weighted by Gasteiger charge is -2.37. The third-order valence-corrected chi connectivity index (χ3v) is 10.2. The van der Waals surface area contributed by atoms with E-state index in [4.69, 9.17) is 14.2 Å². The molecule has 0 bridgehead atoms. The summed E-state index contributed by atoms with van der Waals surface area (Å²) in [5.74, 6) is 5.90. The van der Waals surface area contributed by atoms with Gasteiger partial charge in [0.1, 0.15) is 29.1 Å². The third-order valence-electron chi connectivity index (χ3n) is 6.32. The molecular weight excluding hydrogens is 532 g/mol. The van der Waals surface area contributed by atoms with E-state index in [-0.39, 0.29) is 41.8 Å². The first-order valence-corrected chi connectivity index (χ1v) is 14.8. The predicted octanol–water partition coefficient (Wildman–Crippen LogP) is 1.78. The smallest absolute Gasteiger partial charge is 0.247 e. The summed E-state index contributed by atoms with van der Waals surface area (Å²) in [7, 11) is -3.44. The minimum atomic E-state index is -4.03. The molecule has 3 rings (SSSR count). The third kappa shape index (κ3) is 6.48. The van der Waals surface area contributed by atoms with Gasteiger partial charge in [-0.1, -0.05) is 18.8 Å². The van der Waals surface area contributed by atoms with Crippen LogP contribution >= 0.6 is 0 Å². The monoisotopic (exact) mass is 566 g/mol. The number of hydrogen-bond donors (Lipinski definition) is 1. The highest BCUT2D eigenvalue weighted by molar-refractivity contribution is 7.89. The van der Waals surface area contributed by atoms with Crippen LogP contribution in [0.25, 0.3) is 0 Å². The van der Waals surface area contributed by atoms with Crippen molar-refractivity contribution in [2.24, 2.45) is 5.92 Å². The Bertz CT molecular complexity index is 1380. The van der Waals surface area contributed by atoms with E-state index in [1.165, 1.54) is 54.1 Å². The van der Waals surface area contributed by atoms with Crippen molar-refractivity contribution in [2.45, 2.75) is 35.8 Å². The topological polar surface area (TPSA) is 123 Å². The van der Waals surface area contributed by atoms with Crippen LogP contribution in [0.5, 0.6) is 11.5 Å². The molecule has 1 N–H and O–H groups in total. The van der Waals surface area contributed by atoms with E-state index < -0.39 is 38.1 Å².